The van der Waals surface area contributed by atoms with Crippen molar-refractivity contribution in [1.82, 2.24) is 4.57 Å². The van der Waals surface area contributed by atoms with Crippen LogP contribution in [0.5, 0.6) is 0 Å². The topological polar surface area (TPSA) is 11.4 Å². The van der Waals surface area contributed by atoms with Crippen LogP contribution < -0.4 is 26.2 Å². The lowest BCUT2D eigenvalue weighted by Gasteiger charge is -2.46. The third-order valence-corrected chi connectivity index (χ3v) is 18.8. The van der Waals surface area contributed by atoms with Gasteiger partial charge in [-0.05, 0) is 271 Å². The van der Waals surface area contributed by atoms with Gasteiger partial charge in [-0.3, -0.25) is 0 Å². The van der Waals surface area contributed by atoms with Crippen LogP contribution in [0.25, 0.3) is 62.1 Å². The second-order valence-electron chi connectivity index (χ2n) is 25.6. The van der Waals surface area contributed by atoms with Crippen LogP contribution in [0.1, 0.15) is 118 Å². The van der Waals surface area contributed by atoms with Gasteiger partial charge in [-0.25, -0.2) is 0 Å². The van der Waals surface area contributed by atoms with Gasteiger partial charge in [-0.1, -0.05) is 162 Å². The van der Waals surface area contributed by atoms with E-state index in [4.69, 9.17) is 0 Å². The average molecular weight is 1120 g/mol. The van der Waals surface area contributed by atoms with Crippen molar-refractivity contribution in [2.75, 3.05) is 9.80 Å². The van der Waals surface area contributed by atoms with Gasteiger partial charge in [0.15, 0.2) is 0 Å². The first-order valence-electron chi connectivity index (χ1n) is 30.6. The summed E-state index contributed by atoms with van der Waals surface area (Å²) in [6.45, 7) is 47.5. The highest BCUT2D eigenvalue weighted by Crippen LogP contribution is 2.51. The van der Waals surface area contributed by atoms with E-state index in [1.165, 1.54) is 151 Å². The molecule has 426 valence electrons. The second kappa shape index (κ2) is 21.7. The Morgan fingerprint density at radius 3 is 1.67 bits per heavy atom. The first kappa shape index (κ1) is 57.3. The summed E-state index contributed by atoms with van der Waals surface area (Å²) in [7, 11) is 0. The number of hydrogen-bond donors (Lipinski definition) is 0. The molecule has 0 saturated heterocycles. The number of allylic oxidation sites excluding steroid dienone is 5. The summed E-state index contributed by atoms with van der Waals surface area (Å²) in [5.41, 5.74) is 39.5. The summed E-state index contributed by atoms with van der Waals surface area (Å²) < 4.78 is 2.48. The highest BCUT2D eigenvalue weighted by molar-refractivity contribution is 7.00. The van der Waals surface area contributed by atoms with Crippen molar-refractivity contribution >= 4 is 91.4 Å². The maximum atomic E-state index is 4.67. The van der Waals surface area contributed by atoms with Gasteiger partial charge in [0.2, 0.25) is 0 Å². The number of hydrogen-bond acceptors (Lipinski definition) is 2. The molecule has 0 saturated carbocycles. The molecular weight excluding hydrogens is 1040 g/mol. The minimum Gasteiger partial charge on any atom is -0.311 e. The van der Waals surface area contributed by atoms with Crippen molar-refractivity contribution in [1.29, 1.82) is 0 Å². The Kier molecular flexibility index (Phi) is 14.5. The SMILES string of the molecule is C=C/C(=C(/C)C(=C)c1ccccc1C)c1cc(C)c(N2c3cc4c(cc3B3c5ccc(C(C)(C)C)cc5N(c5c(C)cc(-c6cccc(-c7ccccc7C)c6C)cc5C)c5cc(C)cc2c53)c(/C=C\C)c(C=C)n4-c2c(C)cccc2C)c(C)c1. The molecule has 9 aromatic carbocycles. The lowest BCUT2D eigenvalue weighted by Crippen LogP contribution is -2.61. The van der Waals surface area contributed by atoms with E-state index < -0.39 is 0 Å². The zero-order valence-corrected chi connectivity index (χ0v) is 53.3. The number of aryl methyl sites for hydroxylation is 9. The molecule has 3 heterocycles. The largest absolute Gasteiger partial charge is 0.311 e. The smallest absolute Gasteiger partial charge is 0.252 e. The first-order chi connectivity index (χ1) is 41.2. The molecule has 12 rings (SSSR count). The number of anilines is 6. The maximum Gasteiger partial charge on any atom is 0.252 e. The minimum absolute atomic E-state index is 0.104. The summed E-state index contributed by atoms with van der Waals surface area (Å²) in [6, 6.07) is 57.7. The Balaban J connectivity index is 1.16. The number of para-hydroxylation sites is 1. The molecule has 86 heavy (non-hydrogen) atoms. The van der Waals surface area contributed by atoms with Gasteiger partial charge in [0.05, 0.1) is 28.3 Å². The second-order valence-corrected chi connectivity index (χ2v) is 25.6. The van der Waals surface area contributed by atoms with Crippen molar-refractivity contribution in [2.45, 2.75) is 109 Å². The van der Waals surface area contributed by atoms with E-state index in [9.17, 15) is 0 Å². The van der Waals surface area contributed by atoms with E-state index in [-0.39, 0.29) is 12.1 Å². The zero-order valence-electron chi connectivity index (χ0n) is 53.3. The molecule has 0 fully saturated rings. The Labute approximate surface area is 512 Å². The van der Waals surface area contributed by atoms with Gasteiger partial charge < -0.3 is 14.4 Å². The van der Waals surface area contributed by atoms with Gasteiger partial charge in [-0.2, -0.15) is 0 Å². The molecule has 0 bridgehead atoms. The molecule has 1 aromatic heterocycles. The van der Waals surface area contributed by atoms with E-state index in [2.05, 4.69) is 308 Å². The number of rotatable bonds is 11. The van der Waals surface area contributed by atoms with Crippen LogP contribution in [-0.2, 0) is 5.41 Å². The lowest BCUT2D eigenvalue weighted by atomic mass is 9.33. The standard InChI is InChI=1S/C82H80BN3/c1-19-28-68-69-46-71-75(47-73(69)84(72(68)21-3)79-51(7)31-26-32-52(79)8)86(81-53(9)41-60(42-54(81)10)63(20-2)57(13)58(14)64-33-24-22-29-49(64)5)77-40-48(4)39-76-78(77)83(71)70-38-37-62(82(16,17)18)45-74(70)85(76)80-55(11)43-61(44-56(80)12)66-35-27-36-67(59(66)15)65-34-25-23-30-50(65)6/h19-47H,2-3,14H2,1,4-13,15-18H3/b28-19-,63-57+. The molecule has 4 heteroatoms. The van der Waals surface area contributed by atoms with E-state index in [1.807, 2.05) is 6.08 Å². The highest BCUT2D eigenvalue weighted by atomic mass is 15.2. The average Bonchev–Trinajstić information content (AvgIpc) is 0.967. The summed E-state index contributed by atoms with van der Waals surface area (Å²) in [6.07, 6.45) is 8.53. The fourth-order valence-corrected chi connectivity index (χ4v) is 14.7. The van der Waals surface area contributed by atoms with Gasteiger partial charge >= 0.3 is 0 Å². The minimum atomic E-state index is -0.109. The van der Waals surface area contributed by atoms with Crippen molar-refractivity contribution in [3.63, 3.8) is 0 Å². The Hall–Kier alpha value is -9.12. The third kappa shape index (κ3) is 9.19. The predicted octanol–water partition coefficient (Wildman–Crippen LogP) is 20.8. The van der Waals surface area contributed by atoms with Crippen LogP contribution in [-0.4, -0.2) is 11.3 Å². The van der Waals surface area contributed by atoms with Gasteiger partial charge in [0.25, 0.3) is 6.71 Å². The summed E-state index contributed by atoms with van der Waals surface area (Å²) in [5, 5.41) is 1.20. The monoisotopic (exact) mass is 1120 g/mol. The van der Waals surface area contributed by atoms with E-state index in [0.717, 1.165) is 39.1 Å². The van der Waals surface area contributed by atoms with Gasteiger partial charge in [0, 0.05) is 33.7 Å². The quantitative estimate of drug-likeness (QED) is 0.0945. The lowest BCUT2D eigenvalue weighted by molar-refractivity contribution is 0.590. The molecule has 2 aliphatic heterocycles. The molecule has 0 spiro atoms. The molecule has 2 aliphatic rings. The van der Waals surface area contributed by atoms with Crippen LogP contribution in [0.3, 0.4) is 0 Å². The Morgan fingerprint density at radius 2 is 1.08 bits per heavy atom. The van der Waals surface area contributed by atoms with Crippen molar-refractivity contribution in [2.24, 2.45) is 0 Å². The summed E-state index contributed by atoms with van der Waals surface area (Å²) >= 11 is 0. The van der Waals surface area contributed by atoms with Crippen LogP contribution in [0.2, 0.25) is 0 Å². The molecule has 0 aliphatic carbocycles. The number of aromatic nitrogens is 1. The molecule has 10 aromatic rings. The molecular formula is C82H80BN3. The van der Waals surface area contributed by atoms with Crippen LogP contribution in [0.4, 0.5) is 34.1 Å². The maximum absolute atomic E-state index is 4.67. The zero-order chi connectivity index (χ0) is 60.9. The normalized spacial score (nSPS) is 13.0. The first-order valence-corrected chi connectivity index (χ1v) is 30.6. The van der Waals surface area contributed by atoms with Crippen molar-refractivity contribution in [3.8, 4) is 27.9 Å². The predicted molar refractivity (Wildman–Crippen MR) is 377 cm³/mol. The molecule has 0 atom stereocenters. The van der Waals surface area contributed by atoms with E-state index in [1.54, 1.807) is 0 Å². The highest BCUT2D eigenvalue weighted by Gasteiger charge is 2.45. The fraction of sp³-hybridized carbons (Fsp3) is 0.195. The van der Waals surface area contributed by atoms with Crippen LogP contribution in [0, 0.1) is 69.2 Å². The summed E-state index contributed by atoms with van der Waals surface area (Å²) in [4.78, 5) is 5.28. The number of nitrogens with zero attached hydrogens (tertiary/aromatic N) is 3. The molecule has 3 nitrogen and oxygen atoms in total. The van der Waals surface area contributed by atoms with Crippen LogP contribution >= 0.6 is 0 Å². The number of benzene rings is 9. The van der Waals surface area contributed by atoms with E-state index >= 15 is 0 Å². The third-order valence-electron chi connectivity index (χ3n) is 18.8. The fourth-order valence-electron chi connectivity index (χ4n) is 14.7. The number of fused-ring (bicyclic) bond motifs is 5. The Bertz CT molecular complexity index is 4530. The summed E-state index contributed by atoms with van der Waals surface area (Å²) in [5.74, 6) is 0. The molecule has 0 radical (unpaired) electrons. The molecule has 0 unspecified atom stereocenters. The van der Waals surface area contributed by atoms with E-state index in [0.29, 0.717) is 0 Å². The Morgan fingerprint density at radius 1 is 0.523 bits per heavy atom. The van der Waals surface area contributed by atoms with Crippen LogP contribution in [0.15, 0.2) is 189 Å². The van der Waals surface area contributed by atoms with Crippen molar-refractivity contribution < 1.29 is 0 Å². The molecule has 0 N–H and O–H groups in total. The van der Waals surface area contributed by atoms with Gasteiger partial charge in [0.1, 0.15) is 0 Å². The van der Waals surface area contributed by atoms with Gasteiger partial charge in [-0.15, -0.1) is 0 Å². The molecule has 0 amide bonds. The van der Waals surface area contributed by atoms with Crippen molar-refractivity contribution in [3.05, 3.63) is 273 Å².